The molecule has 2 atom stereocenters. The Balaban J connectivity index is 1.99. The van der Waals surface area contributed by atoms with Crippen molar-refractivity contribution < 1.29 is 17.9 Å². The molecule has 1 aliphatic heterocycles. The maximum absolute atomic E-state index is 14.0. The topological polar surface area (TPSA) is 53.1 Å². The molecule has 0 spiro atoms. The third-order valence-corrected chi connectivity index (χ3v) is 5.83. The lowest BCUT2D eigenvalue weighted by molar-refractivity contribution is -0.0507. The molecule has 0 amide bonds. The maximum Gasteiger partial charge on any atom is 0.387 e. The van der Waals surface area contributed by atoms with Gasteiger partial charge in [0, 0.05) is 23.1 Å². The van der Waals surface area contributed by atoms with Gasteiger partial charge in [-0.15, -0.1) is 0 Å². The number of alkyl halides is 2. The molecule has 3 aromatic rings. The van der Waals surface area contributed by atoms with E-state index in [2.05, 4.69) is 4.98 Å². The number of benzene rings is 2. The van der Waals surface area contributed by atoms with E-state index in [1.807, 2.05) is 11.5 Å². The molecule has 0 saturated carbocycles. The summed E-state index contributed by atoms with van der Waals surface area (Å²) in [6.07, 6.45) is 1.37. The second-order valence-corrected chi connectivity index (χ2v) is 7.76. The van der Waals surface area contributed by atoms with Crippen molar-refractivity contribution in [3.8, 4) is 5.75 Å². The van der Waals surface area contributed by atoms with Crippen LogP contribution in [-0.2, 0) is 0 Å². The molecule has 2 heterocycles. The fourth-order valence-electron chi connectivity index (χ4n) is 4.10. The van der Waals surface area contributed by atoms with Gasteiger partial charge >= 0.3 is 6.61 Å². The average Bonchev–Trinajstić information content (AvgIpc) is 3.18. The lowest BCUT2D eigenvalue weighted by atomic mass is 9.93. The molecule has 29 heavy (non-hydrogen) atoms. The van der Waals surface area contributed by atoms with Crippen LogP contribution < -0.4 is 10.5 Å². The standard InChI is InChI=1S/C20H17ClF3N3OS/c1-2-9-6-15(17-10(18(25)29)4-3-5-16(17)28-20(23)24)27-14-7-11(21)12(22)8-13(14)26-19(9)27/h3-5,7-9,15,20H,2,6H2,1H3,(H2,25,29)/t9?,15-/m1/s1. The molecule has 0 bridgehead atoms. The number of ether oxygens (including phenoxy) is 1. The first-order valence-electron chi connectivity index (χ1n) is 9.06. The summed E-state index contributed by atoms with van der Waals surface area (Å²) in [4.78, 5) is 4.68. The number of imidazole rings is 1. The van der Waals surface area contributed by atoms with Crippen molar-refractivity contribution in [1.82, 2.24) is 9.55 Å². The highest BCUT2D eigenvalue weighted by Gasteiger charge is 2.37. The van der Waals surface area contributed by atoms with E-state index in [-0.39, 0.29) is 21.7 Å². The predicted octanol–water partition coefficient (Wildman–Crippen LogP) is 5.55. The van der Waals surface area contributed by atoms with Crippen LogP contribution in [0.1, 0.15) is 48.7 Å². The number of hydrogen-bond donors (Lipinski definition) is 1. The Morgan fingerprint density at radius 2 is 2.17 bits per heavy atom. The summed E-state index contributed by atoms with van der Waals surface area (Å²) in [5.41, 5.74) is 7.89. The van der Waals surface area contributed by atoms with Crippen molar-refractivity contribution in [1.29, 1.82) is 0 Å². The number of nitrogens with two attached hydrogens (primary N) is 1. The summed E-state index contributed by atoms with van der Waals surface area (Å²) < 4.78 is 46.8. The normalized spacial score (nSPS) is 18.4. The van der Waals surface area contributed by atoms with Crippen molar-refractivity contribution in [3.05, 3.63) is 58.1 Å². The van der Waals surface area contributed by atoms with E-state index in [1.165, 1.54) is 18.2 Å². The van der Waals surface area contributed by atoms with Gasteiger partial charge in [-0.25, -0.2) is 9.37 Å². The van der Waals surface area contributed by atoms with Crippen molar-refractivity contribution in [2.45, 2.75) is 38.3 Å². The minimum absolute atomic E-state index is 0.00746. The number of hydrogen-bond acceptors (Lipinski definition) is 3. The second kappa shape index (κ2) is 7.50. The Morgan fingerprint density at radius 3 is 2.83 bits per heavy atom. The Labute approximate surface area is 175 Å². The van der Waals surface area contributed by atoms with Crippen LogP contribution in [0.3, 0.4) is 0 Å². The molecule has 1 aliphatic rings. The fraction of sp³-hybridized carbons (Fsp3) is 0.300. The number of aromatic nitrogens is 2. The summed E-state index contributed by atoms with van der Waals surface area (Å²) in [6, 6.07) is 7.09. The molecule has 1 aromatic heterocycles. The van der Waals surface area contributed by atoms with Gasteiger partial charge < -0.3 is 15.0 Å². The van der Waals surface area contributed by atoms with Gasteiger partial charge in [0.2, 0.25) is 0 Å². The summed E-state index contributed by atoms with van der Waals surface area (Å²) in [7, 11) is 0. The fourth-order valence-corrected chi connectivity index (χ4v) is 4.44. The summed E-state index contributed by atoms with van der Waals surface area (Å²) in [5, 5.41) is -0.0365. The largest absolute Gasteiger partial charge is 0.434 e. The van der Waals surface area contributed by atoms with Gasteiger partial charge in [-0.1, -0.05) is 42.9 Å². The van der Waals surface area contributed by atoms with Crippen molar-refractivity contribution in [2.24, 2.45) is 5.73 Å². The molecule has 0 fully saturated rings. The van der Waals surface area contributed by atoms with Crippen LogP contribution in [0, 0.1) is 5.82 Å². The first-order chi connectivity index (χ1) is 13.8. The van der Waals surface area contributed by atoms with Crippen LogP contribution in [0.25, 0.3) is 11.0 Å². The molecule has 4 nitrogen and oxygen atoms in total. The van der Waals surface area contributed by atoms with Crippen LogP contribution in [0.15, 0.2) is 30.3 Å². The first-order valence-corrected chi connectivity index (χ1v) is 9.84. The molecule has 4 rings (SSSR count). The number of fused-ring (bicyclic) bond motifs is 3. The Hall–Kier alpha value is -2.32. The van der Waals surface area contributed by atoms with Gasteiger partial charge in [0.1, 0.15) is 22.4 Å². The molecule has 152 valence electrons. The van der Waals surface area contributed by atoms with Gasteiger partial charge in [0.25, 0.3) is 0 Å². The van der Waals surface area contributed by atoms with Crippen LogP contribution in [0.2, 0.25) is 5.02 Å². The minimum atomic E-state index is -3.00. The van der Waals surface area contributed by atoms with E-state index in [0.29, 0.717) is 28.6 Å². The van der Waals surface area contributed by atoms with Crippen LogP contribution in [0.4, 0.5) is 13.2 Å². The van der Waals surface area contributed by atoms with E-state index >= 15 is 0 Å². The molecule has 2 N–H and O–H groups in total. The maximum atomic E-state index is 14.0. The van der Waals surface area contributed by atoms with Gasteiger partial charge in [0.05, 0.1) is 22.1 Å². The van der Waals surface area contributed by atoms with Crippen molar-refractivity contribution >= 4 is 39.8 Å². The van der Waals surface area contributed by atoms with E-state index in [4.69, 9.17) is 34.3 Å². The van der Waals surface area contributed by atoms with Gasteiger partial charge in [-0.3, -0.25) is 0 Å². The molecule has 0 radical (unpaired) electrons. The smallest absolute Gasteiger partial charge is 0.387 e. The SMILES string of the molecule is CCC1C[C@H](c2c(OC(F)F)cccc2C(N)=S)n2c1nc1cc(F)c(Cl)cc12. The van der Waals surface area contributed by atoms with Gasteiger partial charge in [-0.2, -0.15) is 8.78 Å². The summed E-state index contributed by atoms with van der Waals surface area (Å²) in [5.74, 6) is 0.238. The monoisotopic (exact) mass is 439 g/mol. The molecular weight excluding hydrogens is 423 g/mol. The molecular formula is C20H17ClF3N3OS. The van der Waals surface area contributed by atoms with E-state index in [1.54, 1.807) is 12.1 Å². The number of rotatable bonds is 5. The molecule has 0 saturated heterocycles. The Bertz CT molecular complexity index is 1120. The third kappa shape index (κ3) is 3.34. The van der Waals surface area contributed by atoms with E-state index in [0.717, 1.165) is 12.2 Å². The zero-order valence-electron chi connectivity index (χ0n) is 15.3. The van der Waals surface area contributed by atoms with E-state index < -0.39 is 18.5 Å². The predicted molar refractivity (Wildman–Crippen MR) is 109 cm³/mol. The lowest BCUT2D eigenvalue weighted by Gasteiger charge is -2.22. The van der Waals surface area contributed by atoms with Crippen LogP contribution in [-0.4, -0.2) is 21.2 Å². The molecule has 0 aliphatic carbocycles. The molecule has 1 unspecified atom stereocenters. The lowest BCUT2D eigenvalue weighted by Crippen LogP contribution is -2.18. The highest BCUT2D eigenvalue weighted by atomic mass is 35.5. The van der Waals surface area contributed by atoms with Crippen molar-refractivity contribution in [3.63, 3.8) is 0 Å². The zero-order chi connectivity index (χ0) is 20.9. The molecule has 2 aromatic carbocycles. The zero-order valence-corrected chi connectivity index (χ0v) is 16.9. The third-order valence-electron chi connectivity index (χ3n) is 5.32. The van der Waals surface area contributed by atoms with E-state index in [9.17, 15) is 13.2 Å². The molecule has 9 heteroatoms. The second-order valence-electron chi connectivity index (χ2n) is 6.91. The first kappa shape index (κ1) is 20.0. The highest BCUT2D eigenvalue weighted by molar-refractivity contribution is 7.80. The number of nitrogens with zero attached hydrogens (tertiary/aromatic N) is 2. The Morgan fingerprint density at radius 1 is 1.41 bits per heavy atom. The summed E-state index contributed by atoms with van der Waals surface area (Å²) in [6.45, 7) is -0.985. The van der Waals surface area contributed by atoms with Crippen molar-refractivity contribution in [2.75, 3.05) is 0 Å². The number of thiocarbonyl (C=S) groups is 1. The van der Waals surface area contributed by atoms with Crippen LogP contribution >= 0.6 is 23.8 Å². The summed E-state index contributed by atoms with van der Waals surface area (Å²) >= 11 is 11.2. The average molecular weight is 440 g/mol. The minimum Gasteiger partial charge on any atom is -0.434 e. The quantitative estimate of drug-likeness (QED) is 0.529. The number of halogens is 4. The van der Waals surface area contributed by atoms with Gasteiger partial charge in [0.15, 0.2) is 0 Å². The Kier molecular flexibility index (Phi) is 5.16. The van der Waals surface area contributed by atoms with Crippen LogP contribution in [0.5, 0.6) is 5.75 Å². The highest BCUT2D eigenvalue weighted by Crippen LogP contribution is 2.47. The van der Waals surface area contributed by atoms with Gasteiger partial charge in [-0.05, 0) is 25.0 Å².